The standard InChI is InChI=1S/C17H22BrN3O4S/c1-13-17(18)14(2)21(19-13)9-12-25-15-3-5-16(6-4-15)26(22,23)20-7-10-24-11-8-20/h3-6H,7-12H2,1-2H3. The molecule has 0 bridgehead atoms. The molecule has 1 aliphatic rings. The molecule has 0 amide bonds. The maximum absolute atomic E-state index is 12.6. The molecule has 9 heteroatoms. The number of rotatable bonds is 6. The van der Waals surface area contributed by atoms with Crippen molar-refractivity contribution in [2.24, 2.45) is 0 Å². The molecule has 0 atom stereocenters. The average molecular weight is 444 g/mol. The van der Waals surface area contributed by atoms with E-state index < -0.39 is 10.0 Å². The molecule has 0 N–H and O–H groups in total. The SMILES string of the molecule is Cc1nn(CCOc2ccc(S(=O)(=O)N3CCOCC3)cc2)c(C)c1Br. The van der Waals surface area contributed by atoms with Gasteiger partial charge >= 0.3 is 0 Å². The van der Waals surface area contributed by atoms with Gasteiger partial charge in [0.15, 0.2) is 0 Å². The molecule has 26 heavy (non-hydrogen) atoms. The minimum Gasteiger partial charge on any atom is -0.492 e. The van der Waals surface area contributed by atoms with E-state index in [-0.39, 0.29) is 4.90 Å². The molecule has 2 heterocycles. The minimum atomic E-state index is -3.47. The number of sulfonamides is 1. The van der Waals surface area contributed by atoms with Gasteiger partial charge < -0.3 is 9.47 Å². The molecule has 1 saturated heterocycles. The Hall–Kier alpha value is -1.42. The van der Waals surface area contributed by atoms with E-state index >= 15 is 0 Å². The van der Waals surface area contributed by atoms with Crippen LogP contribution < -0.4 is 4.74 Å². The summed E-state index contributed by atoms with van der Waals surface area (Å²) >= 11 is 3.50. The van der Waals surface area contributed by atoms with Gasteiger partial charge in [-0.1, -0.05) is 0 Å². The quantitative estimate of drug-likeness (QED) is 0.684. The molecule has 142 valence electrons. The maximum atomic E-state index is 12.6. The van der Waals surface area contributed by atoms with Crippen molar-refractivity contribution in [1.82, 2.24) is 14.1 Å². The van der Waals surface area contributed by atoms with Crippen LogP contribution in [0, 0.1) is 13.8 Å². The number of aryl methyl sites for hydroxylation is 1. The van der Waals surface area contributed by atoms with Crippen LogP contribution in [0.15, 0.2) is 33.6 Å². The first-order valence-corrected chi connectivity index (χ1v) is 10.6. The second kappa shape index (κ2) is 8.08. The van der Waals surface area contributed by atoms with Crippen molar-refractivity contribution in [3.05, 3.63) is 40.1 Å². The van der Waals surface area contributed by atoms with Gasteiger partial charge in [0.05, 0.1) is 34.8 Å². The van der Waals surface area contributed by atoms with E-state index in [1.807, 2.05) is 18.5 Å². The van der Waals surface area contributed by atoms with Crippen molar-refractivity contribution in [2.45, 2.75) is 25.3 Å². The lowest BCUT2D eigenvalue weighted by atomic mass is 10.3. The zero-order chi connectivity index (χ0) is 18.7. The lowest BCUT2D eigenvalue weighted by Gasteiger charge is -2.26. The summed E-state index contributed by atoms with van der Waals surface area (Å²) < 4.78 is 40.4. The van der Waals surface area contributed by atoms with Gasteiger partial charge in [-0.15, -0.1) is 0 Å². The number of hydrogen-bond donors (Lipinski definition) is 0. The average Bonchev–Trinajstić information content (AvgIpc) is 2.90. The highest BCUT2D eigenvalue weighted by Crippen LogP contribution is 2.21. The van der Waals surface area contributed by atoms with E-state index in [2.05, 4.69) is 21.0 Å². The fourth-order valence-corrected chi connectivity index (χ4v) is 4.48. The molecule has 0 radical (unpaired) electrons. The molecule has 3 rings (SSSR count). The van der Waals surface area contributed by atoms with Crippen molar-refractivity contribution >= 4 is 26.0 Å². The Kier molecular flexibility index (Phi) is 6.01. The summed E-state index contributed by atoms with van der Waals surface area (Å²) in [4.78, 5) is 0.272. The second-order valence-electron chi connectivity index (χ2n) is 6.04. The van der Waals surface area contributed by atoms with Crippen molar-refractivity contribution in [1.29, 1.82) is 0 Å². The van der Waals surface area contributed by atoms with Gasteiger partial charge in [0.2, 0.25) is 10.0 Å². The molecule has 0 spiro atoms. The number of ether oxygens (including phenoxy) is 2. The number of nitrogens with zero attached hydrogens (tertiary/aromatic N) is 3. The van der Waals surface area contributed by atoms with Crippen LogP contribution in [0.5, 0.6) is 5.75 Å². The number of morpholine rings is 1. The number of halogens is 1. The molecule has 1 aromatic carbocycles. The summed E-state index contributed by atoms with van der Waals surface area (Å²) in [5.74, 6) is 0.631. The van der Waals surface area contributed by atoms with Crippen LogP contribution in [-0.2, 0) is 21.3 Å². The first kappa shape index (κ1) is 19.3. The zero-order valence-corrected chi connectivity index (χ0v) is 17.2. The van der Waals surface area contributed by atoms with Crippen LogP contribution in [0.2, 0.25) is 0 Å². The molecule has 1 aromatic heterocycles. The van der Waals surface area contributed by atoms with E-state index in [9.17, 15) is 8.42 Å². The molecular weight excluding hydrogens is 422 g/mol. The first-order chi connectivity index (χ1) is 12.4. The molecule has 1 aliphatic heterocycles. The van der Waals surface area contributed by atoms with Crippen LogP contribution in [0.3, 0.4) is 0 Å². The predicted molar refractivity (Wildman–Crippen MR) is 101 cm³/mol. The van der Waals surface area contributed by atoms with Crippen LogP contribution in [0.25, 0.3) is 0 Å². The third kappa shape index (κ3) is 4.11. The van der Waals surface area contributed by atoms with Gasteiger partial charge in [0.25, 0.3) is 0 Å². The van der Waals surface area contributed by atoms with Crippen LogP contribution in [0.1, 0.15) is 11.4 Å². The largest absolute Gasteiger partial charge is 0.492 e. The van der Waals surface area contributed by atoms with E-state index in [0.29, 0.717) is 45.2 Å². The Balaban J connectivity index is 1.60. The molecule has 1 fully saturated rings. The van der Waals surface area contributed by atoms with Gasteiger partial charge in [-0.2, -0.15) is 9.40 Å². The van der Waals surface area contributed by atoms with E-state index in [4.69, 9.17) is 9.47 Å². The summed E-state index contributed by atoms with van der Waals surface area (Å²) in [5.41, 5.74) is 2.00. The molecule has 0 unspecified atom stereocenters. The maximum Gasteiger partial charge on any atom is 0.243 e. The Labute approximate surface area is 162 Å². The number of hydrogen-bond acceptors (Lipinski definition) is 5. The number of benzene rings is 1. The van der Waals surface area contributed by atoms with Gasteiger partial charge in [-0.05, 0) is 54.0 Å². The highest BCUT2D eigenvalue weighted by Gasteiger charge is 2.26. The smallest absolute Gasteiger partial charge is 0.243 e. The Bertz CT molecular complexity index is 859. The van der Waals surface area contributed by atoms with E-state index in [1.165, 1.54) is 4.31 Å². The molecule has 7 nitrogen and oxygen atoms in total. The van der Waals surface area contributed by atoms with Crippen LogP contribution >= 0.6 is 15.9 Å². The van der Waals surface area contributed by atoms with Crippen LogP contribution in [0.4, 0.5) is 0 Å². The van der Waals surface area contributed by atoms with E-state index in [1.54, 1.807) is 24.3 Å². The van der Waals surface area contributed by atoms with Gasteiger partial charge in [0, 0.05) is 18.8 Å². The van der Waals surface area contributed by atoms with Crippen LogP contribution in [-0.4, -0.2) is 55.4 Å². The Morgan fingerprint density at radius 3 is 2.42 bits per heavy atom. The molecular formula is C17H22BrN3O4S. The van der Waals surface area contributed by atoms with Crippen molar-refractivity contribution < 1.29 is 17.9 Å². The topological polar surface area (TPSA) is 73.7 Å². The normalized spacial score (nSPS) is 16.0. The molecule has 0 aliphatic carbocycles. The van der Waals surface area contributed by atoms with Crippen molar-refractivity contribution in [2.75, 3.05) is 32.9 Å². The number of aromatic nitrogens is 2. The predicted octanol–water partition coefficient (Wildman–Crippen LogP) is 2.36. The lowest BCUT2D eigenvalue weighted by molar-refractivity contribution is 0.0730. The van der Waals surface area contributed by atoms with Crippen molar-refractivity contribution in [3.8, 4) is 5.75 Å². The zero-order valence-electron chi connectivity index (χ0n) is 14.8. The molecule has 2 aromatic rings. The van der Waals surface area contributed by atoms with E-state index in [0.717, 1.165) is 15.9 Å². The highest BCUT2D eigenvalue weighted by atomic mass is 79.9. The lowest BCUT2D eigenvalue weighted by Crippen LogP contribution is -2.40. The second-order valence-corrected chi connectivity index (χ2v) is 8.78. The van der Waals surface area contributed by atoms with Crippen molar-refractivity contribution in [3.63, 3.8) is 0 Å². The third-order valence-corrected chi connectivity index (χ3v) is 7.36. The van der Waals surface area contributed by atoms with Gasteiger partial charge in [-0.25, -0.2) is 8.42 Å². The monoisotopic (exact) mass is 443 g/mol. The molecule has 0 saturated carbocycles. The summed E-state index contributed by atoms with van der Waals surface area (Å²) in [6, 6.07) is 6.54. The fourth-order valence-electron chi connectivity index (χ4n) is 2.79. The Morgan fingerprint density at radius 2 is 1.85 bits per heavy atom. The highest BCUT2D eigenvalue weighted by molar-refractivity contribution is 9.10. The summed E-state index contributed by atoms with van der Waals surface area (Å²) in [6.45, 7) is 6.65. The van der Waals surface area contributed by atoms with Gasteiger partial charge in [-0.3, -0.25) is 4.68 Å². The fraction of sp³-hybridized carbons (Fsp3) is 0.471. The third-order valence-electron chi connectivity index (χ3n) is 4.30. The Morgan fingerprint density at radius 1 is 1.19 bits per heavy atom. The minimum absolute atomic E-state index is 0.272. The van der Waals surface area contributed by atoms with Gasteiger partial charge in [0.1, 0.15) is 12.4 Å². The summed E-state index contributed by atoms with van der Waals surface area (Å²) in [5, 5.41) is 4.43. The summed E-state index contributed by atoms with van der Waals surface area (Å²) in [6.07, 6.45) is 0. The first-order valence-electron chi connectivity index (χ1n) is 8.40. The summed E-state index contributed by atoms with van der Waals surface area (Å²) in [7, 11) is -3.47.